The summed E-state index contributed by atoms with van der Waals surface area (Å²) in [4.78, 5) is 14.9. The molecule has 1 amide bonds. The van der Waals surface area contributed by atoms with Crippen LogP contribution in [0.2, 0.25) is 0 Å². The Kier molecular flexibility index (Phi) is 6.43. The van der Waals surface area contributed by atoms with E-state index in [1.807, 2.05) is 79.8 Å². The van der Waals surface area contributed by atoms with E-state index in [9.17, 15) is 10.1 Å². The van der Waals surface area contributed by atoms with E-state index in [1.54, 1.807) is 11.0 Å². The molecule has 32 heavy (non-hydrogen) atoms. The monoisotopic (exact) mass is 420 g/mol. The van der Waals surface area contributed by atoms with Crippen LogP contribution in [-0.2, 0) is 6.42 Å². The minimum atomic E-state index is -0.0528. The molecule has 0 aliphatic rings. The molecule has 4 aromatic rings. The minimum absolute atomic E-state index is 0.0528. The molecule has 1 N–H and O–H groups in total. The van der Waals surface area contributed by atoms with Crippen molar-refractivity contribution in [3.63, 3.8) is 0 Å². The van der Waals surface area contributed by atoms with Crippen molar-refractivity contribution >= 4 is 5.91 Å². The topological polar surface area (TPSA) is 72.8 Å². The lowest BCUT2D eigenvalue weighted by Crippen LogP contribution is -2.28. The maximum Gasteiger partial charge on any atom is 0.254 e. The number of aryl methyl sites for hydroxylation is 1. The number of amides is 1. The van der Waals surface area contributed by atoms with Crippen LogP contribution in [0.1, 0.15) is 28.0 Å². The molecular formula is C27H24N4O. The number of rotatable bonds is 7. The predicted molar refractivity (Wildman–Crippen MR) is 126 cm³/mol. The quantitative estimate of drug-likeness (QED) is 0.440. The van der Waals surface area contributed by atoms with Gasteiger partial charge in [0.2, 0.25) is 0 Å². The molecule has 4 rings (SSSR count). The Bertz CT molecular complexity index is 1250. The molecule has 3 aromatic carbocycles. The molecule has 0 spiro atoms. The maximum absolute atomic E-state index is 13.2. The molecule has 0 radical (unpaired) electrons. The number of H-pyrrole nitrogens is 1. The third-order valence-electron chi connectivity index (χ3n) is 5.48. The van der Waals surface area contributed by atoms with Crippen LogP contribution in [0.5, 0.6) is 0 Å². The molecule has 1 heterocycles. The molecule has 1 aromatic heterocycles. The molecule has 5 nitrogen and oxygen atoms in total. The summed E-state index contributed by atoms with van der Waals surface area (Å²) in [5, 5.41) is 17.0. The summed E-state index contributed by atoms with van der Waals surface area (Å²) in [7, 11) is 1.82. The van der Waals surface area contributed by atoms with Crippen molar-refractivity contribution in [2.45, 2.75) is 12.8 Å². The van der Waals surface area contributed by atoms with Crippen LogP contribution in [0.15, 0.2) is 84.9 Å². The van der Waals surface area contributed by atoms with Crippen LogP contribution >= 0.6 is 0 Å². The smallest absolute Gasteiger partial charge is 0.254 e. The molecule has 5 heteroatoms. The van der Waals surface area contributed by atoms with E-state index in [2.05, 4.69) is 22.3 Å². The number of carbonyl (C=O) groups excluding carboxylic acids is 1. The molecule has 0 fully saturated rings. The van der Waals surface area contributed by atoms with Crippen molar-refractivity contribution in [3.8, 4) is 28.5 Å². The van der Waals surface area contributed by atoms with Crippen LogP contribution < -0.4 is 0 Å². The summed E-state index contributed by atoms with van der Waals surface area (Å²) in [6.45, 7) is 0.618. The van der Waals surface area contributed by atoms with Crippen LogP contribution in [0.25, 0.3) is 22.4 Å². The summed E-state index contributed by atoms with van der Waals surface area (Å²) in [5.74, 6) is -0.0528. The molecular weight excluding hydrogens is 396 g/mol. The molecule has 0 atom stereocenters. The molecule has 0 saturated heterocycles. The summed E-state index contributed by atoms with van der Waals surface area (Å²) in [5.41, 5.74) is 5.77. The first-order valence-electron chi connectivity index (χ1n) is 10.6. The highest BCUT2D eigenvalue weighted by Crippen LogP contribution is 2.27. The van der Waals surface area contributed by atoms with Gasteiger partial charge in [-0.3, -0.25) is 9.89 Å². The van der Waals surface area contributed by atoms with Gasteiger partial charge in [0.1, 0.15) is 0 Å². The number of nitriles is 1. The van der Waals surface area contributed by atoms with Gasteiger partial charge in [-0.1, -0.05) is 66.7 Å². The lowest BCUT2D eigenvalue weighted by molar-refractivity contribution is 0.0794. The van der Waals surface area contributed by atoms with Crippen LogP contribution in [0.3, 0.4) is 0 Å². The van der Waals surface area contributed by atoms with Crippen molar-refractivity contribution in [3.05, 3.63) is 102 Å². The first kappa shape index (κ1) is 21.1. The highest BCUT2D eigenvalue weighted by molar-refractivity contribution is 6.01. The average Bonchev–Trinajstić information content (AvgIpc) is 3.33. The third-order valence-corrected chi connectivity index (χ3v) is 5.48. The summed E-state index contributed by atoms with van der Waals surface area (Å²) in [6.07, 6.45) is 1.62. The molecule has 0 saturated carbocycles. The summed E-state index contributed by atoms with van der Waals surface area (Å²) in [6, 6.07) is 29.2. The molecule has 0 aliphatic carbocycles. The molecule has 0 bridgehead atoms. The maximum atomic E-state index is 13.2. The number of nitrogens with zero attached hydrogens (tertiary/aromatic N) is 3. The van der Waals surface area contributed by atoms with Crippen molar-refractivity contribution in [2.75, 3.05) is 13.6 Å². The number of aromatic amines is 1. The Labute approximate surface area is 188 Å². The van der Waals surface area contributed by atoms with Crippen molar-refractivity contribution < 1.29 is 4.79 Å². The van der Waals surface area contributed by atoms with Crippen molar-refractivity contribution in [1.82, 2.24) is 15.1 Å². The van der Waals surface area contributed by atoms with Crippen LogP contribution in [0.4, 0.5) is 0 Å². The highest BCUT2D eigenvalue weighted by atomic mass is 16.2. The standard InChI is InChI=1S/C27H24N4O/c1-31(17-9-13-22-18-26(30-29-22)20-10-3-2-4-11-20)27(32)25-16-8-7-15-24(25)23-14-6-5-12-21(23)19-28/h2-8,10-12,14-16,18H,9,13,17H2,1H3,(H,29,30). The number of hydrogen-bond donors (Lipinski definition) is 1. The number of nitrogens with one attached hydrogen (secondary N) is 1. The fourth-order valence-electron chi connectivity index (χ4n) is 3.78. The Balaban J connectivity index is 1.42. The Morgan fingerprint density at radius 2 is 1.66 bits per heavy atom. The van der Waals surface area contributed by atoms with Gasteiger partial charge in [0.25, 0.3) is 5.91 Å². The number of hydrogen-bond acceptors (Lipinski definition) is 3. The van der Waals surface area contributed by atoms with Gasteiger partial charge in [0, 0.05) is 36.0 Å². The lowest BCUT2D eigenvalue weighted by atomic mass is 9.95. The normalized spacial score (nSPS) is 10.5. The Morgan fingerprint density at radius 3 is 2.44 bits per heavy atom. The summed E-state index contributed by atoms with van der Waals surface area (Å²) >= 11 is 0. The first-order valence-corrected chi connectivity index (χ1v) is 10.6. The van der Waals surface area contributed by atoms with E-state index in [0.29, 0.717) is 17.7 Å². The van der Waals surface area contributed by atoms with E-state index >= 15 is 0 Å². The van der Waals surface area contributed by atoms with E-state index in [0.717, 1.165) is 40.9 Å². The summed E-state index contributed by atoms with van der Waals surface area (Å²) < 4.78 is 0. The fraction of sp³-hybridized carbons (Fsp3) is 0.148. The zero-order chi connectivity index (χ0) is 22.3. The third kappa shape index (κ3) is 4.60. The van der Waals surface area contributed by atoms with Gasteiger partial charge >= 0.3 is 0 Å². The fourth-order valence-corrected chi connectivity index (χ4v) is 3.78. The van der Waals surface area contributed by atoms with Crippen LogP contribution in [-0.4, -0.2) is 34.6 Å². The highest BCUT2D eigenvalue weighted by Gasteiger charge is 2.18. The second-order valence-electron chi connectivity index (χ2n) is 7.68. The Morgan fingerprint density at radius 1 is 0.969 bits per heavy atom. The van der Waals surface area contributed by atoms with Gasteiger partial charge < -0.3 is 4.90 Å². The number of carbonyl (C=O) groups is 1. The zero-order valence-corrected chi connectivity index (χ0v) is 18.0. The molecule has 0 unspecified atom stereocenters. The number of aromatic nitrogens is 2. The second kappa shape index (κ2) is 9.76. The van der Waals surface area contributed by atoms with Gasteiger partial charge in [-0.2, -0.15) is 10.4 Å². The molecule has 0 aliphatic heterocycles. The van der Waals surface area contributed by atoms with Gasteiger partial charge in [-0.25, -0.2) is 0 Å². The van der Waals surface area contributed by atoms with Gasteiger partial charge in [-0.15, -0.1) is 0 Å². The SMILES string of the molecule is CN(CCCc1cc(-c2ccccc2)n[nH]1)C(=O)c1ccccc1-c1ccccc1C#N. The van der Waals surface area contributed by atoms with Gasteiger partial charge in [-0.05, 0) is 36.6 Å². The molecule has 158 valence electrons. The largest absolute Gasteiger partial charge is 0.342 e. The zero-order valence-electron chi connectivity index (χ0n) is 18.0. The number of benzene rings is 3. The average molecular weight is 421 g/mol. The van der Waals surface area contributed by atoms with Crippen molar-refractivity contribution in [1.29, 1.82) is 5.26 Å². The van der Waals surface area contributed by atoms with E-state index in [4.69, 9.17) is 0 Å². The van der Waals surface area contributed by atoms with Crippen molar-refractivity contribution in [2.24, 2.45) is 0 Å². The lowest BCUT2D eigenvalue weighted by Gasteiger charge is -2.19. The van der Waals surface area contributed by atoms with Crippen LogP contribution in [0, 0.1) is 11.3 Å². The van der Waals surface area contributed by atoms with Gasteiger partial charge in [0.15, 0.2) is 0 Å². The minimum Gasteiger partial charge on any atom is -0.342 e. The van der Waals surface area contributed by atoms with E-state index < -0.39 is 0 Å². The second-order valence-corrected chi connectivity index (χ2v) is 7.68. The van der Waals surface area contributed by atoms with E-state index in [-0.39, 0.29) is 5.91 Å². The van der Waals surface area contributed by atoms with E-state index in [1.165, 1.54) is 0 Å². The van der Waals surface area contributed by atoms with Gasteiger partial charge in [0.05, 0.1) is 17.3 Å². The Hall–Kier alpha value is -4.17. The first-order chi connectivity index (χ1) is 15.7. The predicted octanol–water partition coefficient (Wildman–Crippen LogP) is 5.32.